The third kappa shape index (κ3) is 3.42. The van der Waals surface area contributed by atoms with Gasteiger partial charge >= 0.3 is 0 Å². The van der Waals surface area contributed by atoms with Gasteiger partial charge in [-0.3, -0.25) is 10.1 Å². The van der Waals surface area contributed by atoms with Gasteiger partial charge in [0.25, 0.3) is 5.69 Å². The minimum absolute atomic E-state index is 0.100. The number of hydrogen-bond donors (Lipinski definition) is 1. The molecule has 0 bridgehead atoms. The van der Waals surface area contributed by atoms with E-state index < -0.39 is 0 Å². The van der Waals surface area contributed by atoms with Crippen molar-refractivity contribution in [3.63, 3.8) is 0 Å². The van der Waals surface area contributed by atoms with Crippen LogP contribution < -0.4 is 5.32 Å². The standard InChI is InChI=1S/C11H12N4O2S2/c1-7-13-11(19-14-7)18-6-8-5-9(15(16)17)3-4-10(8)12-2/h3-5,12H,6H2,1-2H3. The topological polar surface area (TPSA) is 81.0 Å². The molecule has 100 valence electrons. The van der Waals surface area contributed by atoms with Gasteiger partial charge in [-0.1, -0.05) is 11.8 Å². The first-order chi connectivity index (χ1) is 9.10. The van der Waals surface area contributed by atoms with Crippen molar-refractivity contribution in [3.05, 3.63) is 39.7 Å². The van der Waals surface area contributed by atoms with Crippen LogP contribution in [0.5, 0.6) is 0 Å². The molecule has 0 atom stereocenters. The zero-order valence-corrected chi connectivity index (χ0v) is 12.0. The number of nitro benzene ring substituents is 1. The Morgan fingerprint density at radius 3 is 2.89 bits per heavy atom. The number of nitrogens with one attached hydrogen (secondary N) is 1. The monoisotopic (exact) mass is 296 g/mol. The number of benzene rings is 1. The van der Waals surface area contributed by atoms with Crippen molar-refractivity contribution in [3.8, 4) is 0 Å². The molecular weight excluding hydrogens is 284 g/mol. The molecule has 0 saturated heterocycles. The van der Waals surface area contributed by atoms with Crippen LogP contribution in [0.3, 0.4) is 0 Å². The fourth-order valence-corrected chi connectivity index (χ4v) is 3.17. The van der Waals surface area contributed by atoms with Crippen LogP contribution in [-0.4, -0.2) is 21.3 Å². The van der Waals surface area contributed by atoms with Gasteiger partial charge in [0.15, 0.2) is 4.34 Å². The molecule has 0 fully saturated rings. The number of thioether (sulfide) groups is 1. The van der Waals surface area contributed by atoms with Gasteiger partial charge in [-0.25, -0.2) is 4.98 Å². The van der Waals surface area contributed by atoms with E-state index in [1.165, 1.54) is 29.4 Å². The summed E-state index contributed by atoms with van der Waals surface area (Å²) in [6.07, 6.45) is 0. The van der Waals surface area contributed by atoms with Crippen LogP contribution in [0.25, 0.3) is 0 Å². The van der Waals surface area contributed by atoms with Crippen LogP contribution in [0, 0.1) is 17.0 Å². The van der Waals surface area contributed by atoms with Crippen molar-refractivity contribution in [1.29, 1.82) is 0 Å². The number of nitro groups is 1. The number of non-ortho nitro benzene ring substituents is 1. The lowest BCUT2D eigenvalue weighted by atomic mass is 10.2. The van der Waals surface area contributed by atoms with Gasteiger partial charge in [0.2, 0.25) is 0 Å². The summed E-state index contributed by atoms with van der Waals surface area (Å²) in [5, 5.41) is 13.8. The molecular formula is C11H12N4O2S2. The van der Waals surface area contributed by atoms with E-state index >= 15 is 0 Å². The number of nitrogens with zero attached hydrogens (tertiary/aromatic N) is 3. The minimum Gasteiger partial charge on any atom is -0.388 e. The molecule has 6 nitrogen and oxygen atoms in total. The molecule has 19 heavy (non-hydrogen) atoms. The number of rotatable bonds is 5. The van der Waals surface area contributed by atoms with E-state index in [1.54, 1.807) is 19.2 Å². The third-order valence-corrected chi connectivity index (χ3v) is 4.40. The Morgan fingerprint density at radius 1 is 1.53 bits per heavy atom. The SMILES string of the molecule is CNc1ccc([N+](=O)[O-])cc1CSc1nc(C)ns1. The Labute approximate surface area is 118 Å². The molecule has 2 aromatic rings. The summed E-state index contributed by atoms with van der Waals surface area (Å²) in [6, 6.07) is 4.81. The summed E-state index contributed by atoms with van der Waals surface area (Å²) in [5.41, 5.74) is 1.87. The second-order valence-corrected chi connectivity index (χ2v) is 5.72. The predicted molar refractivity (Wildman–Crippen MR) is 76.9 cm³/mol. The summed E-state index contributed by atoms with van der Waals surface area (Å²) < 4.78 is 4.97. The van der Waals surface area contributed by atoms with E-state index in [0.29, 0.717) is 5.75 Å². The number of anilines is 1. The smallest absolute Gasteiger partial charge is 0.269 e. The van der Waals surface area contributed by atoms with E-state index in [0.717, 1.165) is 21.4 Å². The van der Waals surface area contributed by atoms with Crippen LogP contribution >= 0.6 is 23.3 Å². The Kier molecular flexibility index (Phi) is 4.33. The molecule has 0 amide bonds. The van der Waals surface area contributed by atoms with Crippen molar-refractivity contribution < 1.29 is 4.92 Å². The van der Waals surface area contributed by atoms with Gasteiger partial charge in [-0.2, -0.15) is 4.37 Å². The first-order valence-electron chi connectivity index (χ1n) is 5.48. The minimum atomic E-state index is -0.386. The Bertz CT molecular complexity index is 600. The van der Waals surface area contributed by atoms with E-state index in [-0.39, 0.29) is 10.6 Å². The maximum Gasteiger partial charge on any atom is 0.269 e. The van der Waals surface area contributed by atoms with Gasteiger partial charge < -0.3 is 5.32 Å². The molecule has 0 aliphatic carbocycles. The molecule has 8 heteroatoms. The normalized spacial score (nSPS) is 10.4. The highest BCUT2D eigenvalue weighted by molar-refractivity contribution is 8.00. The van der Waals surface area contributed by atoms with Crippen molar-refractivity contribution in [1.82, 2.24) is 9.36 Å². The predicted octanol–water partition coefficient (Wildman–Crippen LogP) is 3.09. The molecule has 1 heterocycles. The van der Waals surface area contributed by atoms with Gasteiger partial charge in [0.1, 0.15) is 5.82 Å². The summed E-state index contributed by atoms with van der Waals surface area (Å²) in [5.74, 6) is 1.37. The van der Waals surface area contributed by atoms with E-state index in [4.69, 9.17) is 0 Å². The Balaban J connectivity index is 2.17. The fourth-order valence-electron chi connectivity index (χ4n) is 1.53. The number of hydrogen-bond acceptors (Lipinski definition) is 7. The first-order valence-corrected chi connectivity index (χ1v) is 7.24. The summed E-state index contributed by atoms with van der Waals surface area (Å²) in [4.78, 5) is 14.7. The lowest BCUT2D eigenvalue weighted by Crippen LogP contribution is -1.96. The van der Waals surface area contributed by atoms with Gasteiger partial charge in [-0.05, 0) is 30.1 Å². The van der Waals surface area contributed by atoms with Crippen molar-refractivity contribution in [2.24, 2.45) is 0 Å². The Hall–Kier alpha value is -1.67. The molecule has 1 N–H and O–H groups in total. The van der Waals surface area contributed by atoms with Crippen LogP contribution in [0.4, 0.5) is 11.4 Å². The van der Waals surface area contributed by atoms with Crippen LogP contribution in [0.2, 0.25) is 0 Å². The average molecular weight is 296 g/mol. The van der Waals surface area contributed by atoms with Crippen molar-refractivity contribution >= 4 is 34.7 Å². The maximum atomic E-state index is 10.8. The zero-order valence-electron chi connectivity index (χ0n) is 10.4. The first kappa shape index (κ1) is 13.8. The molecule has 0 radical (unpaired) electrons. The molecule has 1 aromatic heterocycles. The Morgan fingerprint density at radius 2 is 2.32 bits per heavy atom. The quantitative estimate of drug-likeness (QED) is 0.519. The van der Waals surface area contributed by atoms with Gasteiger partial charge in [0.05, 0.1) is 4.92 Å². The molecule has 0 saturated carbocycles. The summed E-state index contributed by atoms with van der Waals surface area (Å²) >= 11 is 2.87. The van der Waals surface area contributed by atoms with Crippen LogP contribution in [-0.2, 0) is 5.75 Å². The second-order valence-electron chi connectivity index (χ2n) is 3.74. The molecule has 0 aliphatic heterocycles. The van der Waals surface area contributed by atoms with E-state index in [2.05, 4.69) is 14.7 Å². The van der Waals surface area contributed by atoms with Crippen molar-refractivity contribution in [2.45, 2.75) is 17.0 Å². The maximum absolute atomic E-state index is 10.8. The van der Waals surface area contributed by atoms with Gasteiger partial charge in [-0.15, -0.1) is 0 Å². The average Bonchev–Trinajstić information content (AvgIpc) is 2.81. The molecule has 2 rings (SSSR count). The highest BCUT2D eigenvalue weighted by atomic mass is 32.2. The van der Waals surface area contributed by atoms with Crippen LogP contribution in [0.15, 0.2) is 22.5 Å². The van der Waals surface area contributed by atoms with E-state index in [1.807, 2.05) is 6.92 Å². The molecule has 0 spiro atoms. The molecule has 0 unspecified atom stereocenters. The largest absolute Gasteiger partial charge is 0.388 e. The number of aryl methyl sites for hydroxylation is 1. The van der Waals surface area contributed by atoms with Crippen LogP contribution in [0.1, 0.15) is 11.4 Å². The lowest BCUT2D eigenvalue weighted by molar-refractivity contribution is -0.384. The summed E-state index contributed by atoms with van der Waals surface area (Å²) in [6.45, 7) is 1.84. The number of aromatic nitrogens is 2. The molecule has 0 aliphatic rings. The van der Waals surface area contributed by atoms with Gasteiger partial charge in [0, 0.05) is 30.6 Å². The van der Waals surface area contributed by atoms with Crippen molar-refractivity contribution in [2.75, 3.05) is 12.4 Å². The fraction of sp³-hybridized carbons (Fsp3) is 0.273. The van der Waals surface area contributed by atoms with E-state index in [9.17, 15) is 10.1 Å². The second kappa shape index (κ2) is 5.98. The highest BCUT2D eigenvalue weighted by Gasteiger charge is 2.11. The summed E-state index contributed by atoms with van der Waals surface area (Å²) in [7, 11) is 1.80. The highest BCUT2D eigenvalue weighted by Crippen LogP contribution is 2.30. The third-order valence-electron chi connectivity index (χ3n) is 2.43. The zero-order chi connectivity index (χ0) is 13.8. The molecule has 1 aromatic carbocycles. The lowest BCUT2D eigenvalue weighted by Gasteiger charge is -2.07.